The molecule has 0 radical (unpaired) electrons. The molecule has 1 fully saturated rings. The Morgan fingerprint density at radius 1 is 1.24 bits per heavy atom. The number of hydrogen-bond donors (Lipinski definition) is 1. The Labute approximate surface area is 128 Å². The van der Waals surface area contributed by atoms with Gasteiger partial charge >= 0.3 is 0 Å². The molecule has 21 heavy (non-hydrogen) atoms. The van der Waals surface area contributed by atoms with Gasteiger partial charge in [0.15, 0.2) is 0 Å². The Bertz CT molecular complexity index is 605. The molecule has 118 valence electrons. The molecular formula is C16H26N2O2S. The number of rotatable bonds is 5. The maximum absolute atomic E-state index is 13.0. The average Bonchev–Trinajstić information content (AvgIpc) is 2.95. The number of benzene rings is 1. The van der Waals surface area contributed by atoms with Gasteiger partial charge in [0.05, 0.1) is 4.90 Å². The number of aryl methyl sites for hydroxylation is 1. The Kier molecular flexibility index (Phi) is 5.07. The summed E-state index contributed by atoms with van der Waals surface area (Å²) in [5.74, 6) is 0. The molecule has 1 saturated carbocycles. The van der Waals surface area contributed by atoms with Crippen molar-refractivity contribution in [3.05, 3.63) is 28.8 Å². The predicted octanol–water partition coefficient (Wildman–Crippen LogP) is 2.59. The van der Waals surface area contributed by atoms with Crippen LogP contribution in [-0.4, -0.2) is 32.9 Å². The van der Waals surface area contributed by atoms with Crippen LogP contribution < -0.4 is 5.32 Å². The van der Waals surface area contributed by atoms with E-state index in [-0.39, 0.29) is 6.04 Å². The Morgan fingerprint density at radius 2 is 1.86 bits per heavy atom. The van der Waals surface area contributed by atoms with Crippen LogP contribution in [0.5, 0.6) is 0 Å². The summed E-state index contributed by atoms with van der Waals surface area (Å²) in [5.41, 5.74) is 2.90. The molecule has 0 saturated heterocycles. The van der Waals surface area contributed by atoms with Crippen LogP contribution in [-0.2, 0) is 16.6 Å². The summed E-state index contributed by atoms with van der Waals surface area (Å²) in [7, 11) is 0.185. The van der Waals surface area contributed by atoms with Gasteiger partial charge in [0.2, 0.25) is 10.0 Å². The molecule has 0 aromatic heterocycles. The van der Waals surface area contributed by atoms with E-state index in [1.807, 2.05) is 27.0 Å². The monoisotopic (exact) mass is 310 g/mol. The van der Waals surface area contributed by atoms with Crippen molar-refractivity contribution in [2.75, 3.05) is 14.1 Å². The molecule has 1 aromatic rings. The second-order valence-corrected chi connectivity index (χ2v) is 7.99. The van der Waals surface area contributed by atoms with Gasteiger partial charge in [-0.3, -0.25) is 0 Å². The molecule has 1 aliphatic rings. The first-order chi connectivity index (χ1) is 9.87. The summed E-state index contributed by atoms with van der Waals surface area (Å²) in [4.78, 5) is 0.460. The smallest absolute Gasteiger partial charge is 0.243 e. The summed E-state index contributed by atoms with van der Waals surface area (Å²) in [6, 6.07) is 4.03. The zero-order valence-electron chi connectivity index (χ0n) is 13.4. The minimum Gasteiger partial charge on any atom is -0.316 e. The van der Waals surface area contributed by atoms with Crippen LogP contribution in [0, 0.1) is 13.8 Å². The lowest BCUT2D eigenvalue weighted by atomic mass is 10.1. The maximum Gasteiger partial charge on any atom is 0.243 e. The summed E-state index contributed by atoms with van der Waals surface area (Å²) in [5, 5.41) is 3.09. The molecule has 1 N–H and O–H groups in total. The lowest BCUT2D eigenvalue weighted by molar-refractivity contribution is 0.372. The molecule has 0 bridgehead atoms. The van der Waals surface area contributed by atoms with Crippen LogP contribution in [0.4, 0.5) is 0 Å². The quantitative estimate of drug-likeness (QED) is 0.909. The molecule has 0 atom stereocenters. The van der Waals surface area contributed by atoms with Crippen LogP contribution >= 0.6 is 0 Å². The molecular weight excluding hydrogens is 284 g/mol. The molecule has 0 heterocycles. The highest BCUT2D eigenvalue weighted by molar-refractivity contribution is 7.89. The fraction of sp³-hybridized carbons (Fsp3) is 0.625. The van der Waals surface area contributed by atoms with Crippen molar-refractivity contribution in [3.63, 3.8) is 0 Å². The minimum atomic E-state index is -3.41. The number of sulfonamides is 1. The molecule has 2 rings (SSSR count). The fourth-order valence-corrected chi connectivity index (χ4v) is 4.85. The van der Waals surface area contributed by atoms with E-state index in [0.717, 1.165) is 42.4 Å². The number of nitrogens with one attached hydrogen (secondary N) is 1. The first-order valence-corrected chi connectivity index (χ1v) is 9.04. The van der Waals surface area contributed by atoms with Gasteiger partial charge in [-0.25, -0.2) is 8.42 Å². The second-order valence-electron chi connectivity index (χ2n) is 6.03. The molecule has 0 spiro atoms. The Hall–Kier alpha value is -0.910. The summed E-state index contributed by atoms with van der Waals surface area (Å²) >= 11 is 0. The highest BCUT2D eigenvalue weighted by Gasteiger charge is 2.31. The average molecular weight is 310 g/mol. The van der Waals surface area contributed by atoms with Gasteiger partial charge in [-0.1, -0.05) is 18.9 Å². The van der Waals surface area contributed by atoms with Crippen molar-refractivity contribution in [2.24, 2.45) is 0 Å². The molecule has 0 unspecified atom stereocenters. The van der Waals surface area contributed by atoms with Crippen molar-refractivity contribution < 1.29 is 8.42 Å². The van der Waals surface area contributed by atoms with E-state index in [9.17, 15) is 8.42 Å². The van der Waals surface area contributed by atoms with Gasteiger partial charge in [0.1, 0.15) is 0 Å². The van der Waals surface area contributed by atoms with Gasteiger partial charge in [-0.15, -0.1) is 0 Å². The van der Waals surface area contributed by atoms with Gasteiger partial charge < -0.3 is 5.32 Å². The summed E-state index contributed by atoms with van der Waals surface area (Å²) < 4.78 is 27.5. The molecule has 0 amide bonds. The van der Waals surface area contributed by atoms with E-state index >= 15 is 0 Å². The number of hydrogen-bond acceptors (Lipinski definition) is 3. The third kappa shape index (κ3) is 3.30. The standard InChI is InChI=1S/C16H26N2O2S/c1-12-9-14(11-17-3)10-16(13(12)2)21(19,20)18(4)15-7-5-6-8-15/h9-10,15,17H,5-8,11H2,1-4H3. The van der Waals surface area contributed by atoms with Crippen molar-refractivity contribution in [2.45, 2.75) is 57.0 Å². The van der Waals surface area contributed by atoms with Crippen LogP contribution in [0.1, 0.15) is 42.4 Å². The van der Waals surface area contributed by atoms with E-state index < -0.39 is 10.0 Å². The van der Waals surface area contributed by atoms with Crippen LogP contribution in [0.15, 0.2) is 17.0 Å². The summed E-state index contributed by atoms with van der Waals surface area (Å²) in [6.07, 6.45) is 4.21. The lowest BCUT2D eigenvalue weighted by Gasteiger charge is -2.25. The molecule has 5 heteroatoms. The maximum atomic E-state index is 13.0. The Morgan fingerprint density at radius 3 is 2.43 bits per heavy atom. The van der Waals surface area contributed by atoms with E-state index in [1.54, 1.807) is 11.4 Å². The third-order valence-corrected chi connectivity index (χ3v) is 6.59. The van der Waals surface area contributed by atoms with Crippen LogP contribution in [0.2, 0.25) is 0 Å². The van der Waals surface area contributed by atoms with E-state index in [4.69, 9.17) is 0 Å². The summed E-state index contributed by atoms with van der Waals surface area (Å²) in [6.45, 7) is 4.55. The van der Waals surface area contributed by atoms with E-state index in [0.29, 0.717) is 11.4 Å². The van der Waals surface area contributed by atoms with E-state index in [1.165, 1.54) is 0 Å². The molecule has 1 aromatic carbocycles. The van der Waals surface area contributed by atoms with Gasteiger partial charge in [0, 0.05) is 19.6 Å². The van der Waals surface area contributed by atoms with Gasteiger partial charge in [0.25, 0.3) is 0 Å². The van der Waals surface area contributed by atoms with Crippen molar-refractivity contribution in [3.8, 4) is 0 Å². The first-order valence-electron chi connectivity index (χ1n) is 7.60. The zero-order chi connectivity index (χ0) is 15.6. The highest BCUT2D eigenvalue weighted by Crippen LogP contribution is 2.30. The minimum absolute atomic E-state index is 0.155. The molecule has 0 aliphatic heterocycles. The number of nitrogens with zero attached hydrogens (tertiary/aromatic N) is 1. The topological polar surface area (TPSA) is 49.4 Å². The second kappa shape index (κ2) is 6.46. The lowest BCUT2D eigenvalue weighted by Crippen LogP contribution is -2.35. The van der Waals surface area contributed by atoms with Gasteiger partial charge in [-0.05, 0) is 56.5 Å². The largest absolute Gasteiger partial charge is 0.316 e. The first kappa shape index (κ1) is 16.5. The van der Waals surface area contributed by atoms with E-state index in [2.05, 4.69) is 11.4 Å². The van der Waals surface area contributed by atoms with Crippen LogP contribution in [0.3, 0.4) is 0 Å². The molecule has 4 nitrogen and oxygen atoms in total. The van der Waals surface area contributed by atoms with Crippen molar-refractivity contribution in [1.82, 2.24) is 9.62 Å². The van der Waals surface area contributed by atoms with Crippen molar-refractivity contribution in [1.29, 1.82) is 0 Å². The zero-order valence-corrected chi connectivity index (χ0v) is 14.3. The molecule has 1 aliphatic carbocycles. The fourth-order valence-electron chi connectivity index (χ4n) is 3.09. The van der Waals surface area contributed by atoms with Gasteiger partial charge in [-0.2, -0.15) is 4.31 Å². The van der Waals surface area contributed by atoms with Crippen LogP contribution in [0.25, 0.3) is 0 Å². The Balaban J connectivity index is 2.43. The van der Waals surface area contributed by atoms with Crippen molar-refractivity contribution >= 4 is 10.0 Å². The predicted molar refractivity (Wildman–Crippen MR) is 85.9 cm³/mol. The SMILES string of the molecule is CNCc1cc(C)c(C)c(S(=O)(=O)N(C)C2CCCC2)c1. The normalized spacial score (nSPS) is 16.8. The third-order valence-electron chi connectivity index (χ3n) is 4.56. The highest BCUT2D eigenvalue weighted by atomic mass is 32.2.